The topological polar surface area (TPSA) is 57.7 Å². The highest BCUT2D eigenvalue weighted by Crippen LogP contribution is 2.26. The Morgan fingerprint density at radius 2 is 1.50 bits per heavy atom. The zero-order valence-electron chi connectivity index (χ0n) is 8.34. The molecule has 2 aliphatic rings. The van der Waals surface area contributed by atoms with Crippen LogP contribution in [0.1, 0.15) is 27.1 Å². The SMILES string of the molecule is O=C1CCN1N1C(=O)c2ccccc2C1=O. The van der Waals surface area contributed by atoms with Gasteiger partial charge in [0.25, 0.3) is 11.8 Å². The number of amides is 3. The van der Waals surface area contributed by atoms with Crippen molar-refractivity contribution in [3.63, 3.8) is 0 Å². The third-order valence-electron chi connectivity index (χ3n) is 2.84. The number of hydrogen-bond donors (Lipinski definition) is 0. The number of nitrogens with zero attached hydrogens (tertiary/aromatic N) is 2. The quantitative estimate of drug-likeness (QED) is 0.505. The van der Waals surface area contributed by atoms with Crippen molar-refractivity contribution in [1.82, 2.24) is 10.0 Å². The molecule has 80 valence electrons. The molecule has 0 bridgehead atoms. The number of imide groups is 1. The highest BCUT2D eigenvalue weighted by molar-refractivity contribution is 6.21. The van der Waals surface area contributed by atoms with Gasteiger partial charge < -0.3 is 0 Å². The molecule has 5 nitrogen and oxygen atoms in total. The lowest BCUT2D eigenvalue weighted by atomic mass is 10.1. The van der Waals surface area contributed by atoms with Gasteiger partial charge in [0.1, 0.15) is 0 Å². The van der Waals surface area contributed by atoms with Crippen LogP contribution in [-0.4, -0.2) is 34.3 Å². The van der Waals surface area contributed by atoms with Gasteiger partial charge in [0, 0.05) is 6.42 Å². The Labute approximate surface area is 91.2 Å². The summed E-state index contributed by atoms with van der Waals surface area (Å²) >= 11 is 0. The first-order valence-electron chi connectivity index (χ1n) is 4.98. The van der Waals surface area contributed by atoms with Gasteiger partial charge in [0.15, 0.2) is 0 Å². The smallest absolute Gasteiger partial charge is 0.273 e. The lowest BCUT2D eigenvalue weighted by Crippen LogP contribution is -2.56. The minimum atomic E-state index is -0.409. The standard InChI is InChI=1S/C11H8N2O3/c14-9-5-6-12(9)13-10(15)7-3-1-2-4-8(7)11(13)16/h1-4H,5-6H2. The Hall–Kier alpha value is -2.17. The van der Waals surface area contributed by atoms with Crippen molar-refractivity contribution >= 4 is 17.7 Å². The summed E-state index contributed by atoms with van der Waals surface area (Å²) in [5.41, 5.74) is 0.736. The van der Waals surface area contributed by atoms with Crippen molar-refractivity contribution in [3.8, 4) is 0 Å². The van der Waals surface area contributed by atoms with Crippen molar-refractivity contribution in [3.05, 3.63) is 35.4 Å². The maximum Gasteiger partial charge on any atom is 0.280 e. The Kier molecular flexibility index (Phi) is 1.65. The number of β-lactam (4-membered cyclic amide) rings is 1. The van der Waals surface area contributed by atoms with Gasteiger partial charge in [-0.2, -0.15) is 5.01 Å². The molecule has 0 saturated carbocycles. The highest BCUT2D eigenvalue weighted by atomic mass is 16.2. The van der Waals surface area contributed by atoms with Crippen molar-refractivity contribution in [1.29, 1.82) is 0 Å². The van der Waals surface area contributed by atoms with E-state index < -0.39 is 11.8 Å². The molecule has 2 aliphatic heterocycles. The van der Waals surface area contributed by atoms with Crippen LogP contribution in [0.3, 0.4) is 0 Å². The second kappa shape index (κ2) is 2.91. The van der Waals surface area contributed by atoms with Crippen LogP contribution in [0.15, 0.2) is 24.3 Å². The molecule has 3 amide bonds. The summed E-state index contributed by atoms with van der Waals surface area (Å²) in [5.74, 6) is -1.00. The molecule has 0 aliphatic carbocycles. The Morgan fingerprint density at radius 1 is 0.938 bits per heavy atom. The predicted molar refractivity (Wildman–Crippen MR) is 53.3 cm³/mol. The van der Waals surface area contributed by atoms with Crippen molar-refractivity contribution < 1.29 is 14.4 Å². The molecular weight excluding hydrogens is 208 g/mol. The largest absolute Gasteiger partial charge is 0.280 e. The van der Waals surface area contributed by atoms with Crippen LogP contribution in [0.2, 0.25) is 0 Å². The second-order valence-corrected chi connectivity index (χ2v) is 3.73. The number of hydrogen-bond acceptors (Lipinski definition) is 3. The molecule has 1 aromatic rings. The van der Waals surface area contributed by atoms with E-state index in [2.05, 4.69) is 0 Å². The molecule has 0 aromatic heterocycles. The molecule has 1 saturated heterocycles. The van der Waals surface area contributed by atoms with Crippen LogP contribution < -0.4 is 0 Å². The minimum Gasteiger partial charge on any atom is -0.273 e. The van der Waals surface area contributed by atoms with Crippen LogP contribution in [0.25, 0.3) is 0 Å². The monoisotopic (exact) mass is 216 g/mol. The Balaban J connectivity index is 2.04. The van der Waals surface area contributed by atoms with E-state index in [1.54, 1.807) is 24.3 Å². The summed E-state index contributed by atoms with van der Waals surface area (Å²) in [6.07, 6.45) is 0.396. The van der Waals surface area contributed by atoms with Gasteiger partial charge in [-0.3, -0.25) is 14.4 Å². The van der Waals surface area contributed by atoms with Gasteiger partial charge in [-0.1, -0.05) is 12.1 Å². The fourth-order valence-corrected chi connectivity index (χ4v) is 1.91. The third-order valence-corrected chi connectivity index (χ3v) is 2.84. The normalized spacial score (nSPS) is 18.9. The zero-order chi connectivity index (χ0) is 11.3. The van der Waals surface area contributed by atoms with E-state index >= 15 is 0 Å². The van der Waals surface area contributed by atoms with E-state index in [0.29, 0.717) is 24.1 Å². The summed E-state index contributed by atoms with van der Waals surface area (Å²) in [6, 6.07) is 6.59. The summed E-state index contributed by atoms with van der Waals surface area (Å²) in [7, 11) is 0. The van der Waals surface area contributed by atoms with Crippen molar-refractivity contribution in [2.24, 2.45) is 0 Å². The van der Waals surface area contributed by atoms with Crippen LogP contribution in [0, 0.1) is 0 Å². The molecule has 1 fully saturated rings. The predicted octanol–water partition coefficient (Wildman–Crippen LogP) is 0.430. The van der Waals surface area contributed by atoms with Crippen LogP contribution >= 0.6 is 0 Å². The van der Waals surface area contributed by atoms with E-state index in [1.165, 1.54) is 5.01 Å². The maximum absolute atomic E-state index is 11.9. The first-order valence-corrected chi connectivity index (χ1v) is 4.98. The highest BCUT2D eigenvalue weighted by Gasteiger charge is 2.43. The molecule has 0 radical (unpaired) electrons. The summed E-state index contributed by atoms with van der Waals surface area (Å²) in [5, 5.41) is 2.14. The average molecular weight is 216 g/mol. The number of rotatable bonds is 1. The molecule has 2 heterocycles. The van der Waals surface area contributed by atoms with Gasteiger partial charge in [-0.05, 0) is 12.1 Å². The minimum absolute atomic E-state index is 0.186. The first-order chi connectivity index (χ1) is 7.70. The number of benzene rings is 1. The summed E-state index contributed by atoms with van der Waals surface area (Å²) in [4.78, 5) is 35.0. The zero-order valence-corrected chi connectivity index (χ0v) is 8.34. The van der Waals surface area contributed by atoms with Crippen LogP contribution in [-0.2, 0) is 4.79 Å². The lowest BCUT2D eigenvalue weighted by Gasteiger charge is -2.36. The molecule has 0 unspecified atom stereocenters. The van der Waals surface area contributed by atoms with E-state index in [4.69, 9.17) is 0 Å². The molecule has 0 spiro atoms. The molecule has 16 heavy (non-hydrogen) atoms. The van der Waals surface area contributed by atoms with Crippen LogP contribution in [0.5, 0.6) is 0 Å². The number of carbonyl (C=O) groups is 3. The Bertz CT molecular complexity index is 489. The summed E-state index contributed by atoms with van der Waals surface area (Å²) < 4.78 is 0. The number of fused-ring (bicyclic) bond motifs is 1. The first kappa shape index (κ1) is 9.08. The van der Waals surface area contributed by atoms with Crippen molar-refractivity contribution in [2.75, 3.05) is 6.54 Å². The average Bonchev–Trinajstić information content (AvgIpc) is 2.54. The van der Waals surface area contributed by atoms with E-state index in [0.717, 1.165) is 5.01 Å². The van der Waals surface area contributed by atoms with Crippen LogP contribution in [0.4, 0.5) is 0 Å². The van der Waals surface area contributed by atoms with E-state index in [-0.39, 0.29) is 5.91 Å². The van der Waals surface area contributed by atoms with E-state index in [9.17, 15) is 14.4 Å². The maximum atomic E-state index is 11.9. The number of hydrazine groups is 1. The molecule has 5 heteroatoms. The molecule has 0 atom stereocenters. The third kappa shape index (κ3) is 0.970. The lowest BCUT2D eigenvalue weighted by molar-refractivity contribution is -0.153. The molecule has 0 N–H and O–H groups in total. The Morgan fingerprint density at radius 3 is 1.88 bits per heavy atom. The van der Waals surface area contributed by atoms with E-state index in [1.807, 2.05) is 0 Å². The molecule has 1 aromatic carbocycles. The second-order valence-electron chi connectivity index (χ2n) is 3.73. The molecular formula is C11H8N2O3. The fourth-order valence-electron chi connectivity index (χ4n) is 1.91. The van der Waals surface area contributed by atoms with Gasteiger partial charge in [-0.15, -0.1) is 0 Å². The molecule has 3 rings (SSSR count). The van der Waals surface area contributed by atoms with Gasteiger partial charge in [-0.25, -0.2) is 5.01 Å². The summed E-state index contributed by atoms with van der Waals surface area (Å²) in [6.45, 7) is 0.435. The van der Waals surface area contributed by atoms with Gasteiger partial charge in [0.05, 0.1) is 17.7 Å². The van der Waals surface area contributed by atoms with Gasteiger partial charge >= 0.3 is 0 Å². The fraction of sp³-hybridized carbons (Fsp3) is 0.182. The number of carbonyl (C=O) groups excluding carboxylic acids is 3. The van der Waals surface area contributed by atoms with Gasteiger partial charge in [0.2, 0.25) is 5.91 Å². The van der Waals surface area contributed by atoms with Crippen molar-refractivity contribution in [2.45, 2.75) is 6.42 Å².